The molecule has 0 atom stereocenters. The van der Waals surface area contributed by atoms with Gasteiger partial charge in [-0.2, -0.15) is 5.48 Å². The highest BCUT2D eigenvalue weighted by atomic mass is 35.5. The molecule has 1 rings (SSSR count). The Morgan fingerprint density at radius 2 is 2.14 bits per heavy atom. The fraction of sp³-hybridized carbons (Fsp3) is 0.455. The lowest BCUT2D eigenvalue weighted by Gasteiger charge is -2.09. The van der Waals surface area contributed by atoms with Gasteiger partial charge in [-0.25, -0.2) is 0 Å². The monoisotopic (exact) mass is 213 g/mol. The highest BCUT2D eigenvalue weighted by molar-refractivity contribution is 6.31. The van der Waals surface area contributed by atoms with Crippen LogP contribution in [0.5, 0.6) is 0 Å². The summed E-state index contributed by atoms with van der Waals surface area (Å²) < 4.78 is 0. The van der Waals surface area contributed by atoms with Crippen molar-refractivity contribution in [2.45, 2.75) is 33.4 Å². The lowest BCUT2D eigenvalue weighted by Crippen LogP contribution is -2.18. The van der Waals surface area contributed by atoms with E-state index < -0.39 is 0 Å². The quantitative estimate of drug-likeness (QED) is 0.777. The zero-order chi connectivity index (χ0) is 10.6. The lowest BCUT2D eigenvalue weighted by atomic mass is 10.1. The smallest absolute Gasteiger partial charge is 0.0734 e. The summed E-state index contributed by atoms with van der Waals surface area (Å²) in [5, 5.41) is 0.804. The van der Waals surface area contributed by atoms with E-state index in [1.165, 1.54) is 5.56 Å². The van der Waals surface area contributed by atoms with Crippen LogP contribution in [0.4, 0.5) is 0 Å². The molecule has 0 spiro atoms. The van der Waals surface area contributed by atoms with Crippen LogP contribution in [-0.2, 0) is 11.4 Å². The van der Waals surface area contributed by atoms with Crippen LogP contribution in [-0.4, -0.2) is 6.10 Å². The Balaban J connectivity index is 2.47. The molecule has 1 aromatic carbocycles. The Morgan fingerprint density at radius 3 is 2.71 bits per heavy atom. The van der Waals surface area contributed by atoms with Crippen LogP contribution in [0, 0.1) is 6.92 Å². The van der Waals surface area contributed by atoms with Crippen molar-refractivity contribution in [3.8, 4) is 0 Å². The SMILES string of the molecule is Cc1cc(CNOC(C)C)ccc1Cl. The summed E-state index contributed by atoms with van der Waals surface area (Å²) in [7, 11) is 0. The number of hydrogen-bond acceptors (Lipinski definition) is 2. The molecule has 0 aliphatic rings. The van der Waals surface area contributed by atoms with E-state index in [1.54, 1.807) is 0 Å². The average Bonchev–Trinajstić information content (AvgIpc) is 2.10. The summed E-state index contributed by atoms with van der Waals surface area (Å²) in [6.07, 6.45) is 0.198. The van der Waals surface area contributed by atoms with Gasteiger partial charge in [-0.05, 0) is 38.0 Å². The van der Waals surface area contributed by atoms with Gasteiger partial charge in [0.05, 0.1) is 6.10 Å². The third kappa shape index (κ3) is 3.66. The van der Waals surface area contributed by atoms with Gasteiger partial charge in [-0.1, -0.05) is 23.7 Å². The summed E-state index contributed by atoms with van der Waals surface area (Å²) in [4.78, 5) is 5.23. The first kappa shape index (κ1) is 11.5. The topological polar surface area (TPSA) is 21.3 Å². The fourth-order valence-electron chi connectivity index (χ4n) is 1.11. The predicted octanol–water partition coefficient (Wildman–Crippen LogP) is 3.08. The largest absolute Gasteiger partial charge is 0.299 e. The van der Waals surface area contributed by atoms with Gasteiger partial charge < -0.3 is 0 Å². The highest BCUT2D eigenvalue weighted by Gasteiger charge is 1.98. The second-order valence-electron chi connectivity index (χ2n) is 3.57. The highest BCUT2D eigenvalue weighted by Crippen LogP contribution is 2.15. The molecule has 0 unspecified atom stereocenters. The molecule has 0 aliphatic heterocycles. The van der Waals surface area contributed by atoms with Gasteiger partial charge in [0.15, 0.2) is 0 Å². The van der Waals surface area contributed by atoms with Crippen molar-refractivity contribution >= 4 is 11.6 Å². The molecular formula is C11H16ClNO. The molecular weight excluding hydrogens is 198 g/mol. The standard InChI is InChI=1S/C11H16ClNO/c1-8(2)14-13-7-10-4-5-11(12)9(3)6-10/h4-6,8,13H,7H2,1-3H3. The molecule has 0 aromatic heterocycles. The van der Waals surface area contributed by atoms with Crippen molar-refractivity contribution in [2.24, 2.45) is 0 Å². The zero-order valence-corrected chi connectivity index (χ0v) is 9.56. The van der Waals surface area contributed by atoms with E-state index in [9.17, 15) is 0 Å². The normalized spacial score (nSPS) is 10.9. The zero-order valence-electron chi connectivity index (χ0n) is 8.80. The maximum Gasteiger partial charge on any atom is 0.0734 e. The Morgan fingerprint density at radius 1 is 1.43 bits per heavy atom. The van der Waals surface area contributed by atoms with E-state index in [2.05, 4.69) is 11.5 Å². The van der Waals surface area contributed by atoms with E-state index in [1.807, 2.05) is 32.9 Å². The van der Waals surface area contributed by atoms with Crippen LogP contribution in [0.25, 0.3) is 0 Å². The summed E-state index contributed by atoms with van der Waals surface area (Å²) in [5.74, 6) is 0. The molecule has 0 saturated heterocycles. The van der Waals surface area contributed by atoms with E-state index in [0.29, 0.717) is 6.54 Å². The number of benzene rings is 1. The summed E-state index contributed by atoms with van der Waals surface area (Å²) in [6.45, 7) is 6.67. The van der Waals surface area contributed by atoms with Gasteiger partial charge in [0.25, 0.3) is 0 Å². The summed E-state index contributed by atoms with van der Waals surface area (Å²) >= 11 is 5.91. The number of hydroxylamine groups is 1. The Labute approximate surface area is 90.2 Å². The van der Waals surface area contributed by atoms with E-state index in [4.69, 9.17) is 16.4 Å². The van der Waals surface area contributed by atoms with Crippen LogP contribution in [0.15, 0.2) is 18.2 Å². The van der Waals surface area contributed by atoms with Gasteiger partial charge in [0, 0.05) is 11.6 Å². The number of aryl methyl sites for hydroxylation is 1. The number of nitrogens with one attached hydrogen (secondary N) is 1. The number of halogens is 1. The second kappa shape index (κ2) is 5.35. The minimum Gasteiger partial charge on any atom is -0.299 e. The molecule has 0 amide bonds. The molecule has 3 heteroatoms. The minimum atomic E-state index is 0.198. The van der Waals surface area contributed by atoms with Crippen molar-refractivity contribution in [3.63, 3.8) is 0 Å². The Bertz CT molecular complexity index is 299. The van der Waals surface area contributed by atoms with Gasteiger partial charge in [0.1, 0.15) is 0 Å². The van der Waals surface area contributed by atoms with Crippen molar-refractivity contribution in [2.75, 3.05) is 0 Å². The van der Waals surface area contributed by atoms with Gasteiger partial charge >= 0.3 is 0 Å². The van der Waals surface area contributed by atoms with Crippen molar-refractivity contribution in [1.29, 1.82) is 0 Å². The van der Waals surface area contributed by atoms with Crippen LogP contribution < -0.4 is 5.48 Å². The van der Waals surface area contributed by atoms with Crippen molar-refractivity contribution < 1.29 is 4.84 Å². The molecule has 0 aliphatic carbocycles. The molecule has 78 valence electrons. The first-order valence-electron chi connectivity index (χ1n) is 4.73. The van der Waals surface area contributed by atoms with Crippen molar-refractivity contribution in [1.82, 2.24) is 5.48 Å². The van der Waals surface area contributed by atoms with Crippen LogP contribution >= 0.6 is 11.6 Å². The van der Waals surface area contributed by atoms with E-state index in [0.717, 1.165) is 10.6 Å². The molecule has 14 heavy (non-hydrogen) atoms. The molecule has 2 nitrogen and oxygen atoms in total. The van der Waals surface area contributed by atoms with Crippen LogP contribution in [0.1, 0.15) is 25.0 Å². The van der Waals surface area contributed by atoms with Gasteiger partial charge in [-0.15, -0.1) is 0 Å². The third-order valence-corrected chi connectivity index (χ3v) is 2.24. The summed E-state index contributed by atoms with van der Waals surface area (Å²) in [6, 6.07) is 5.95. The lowest BCUT2D eigenvalue weighted by molar-refractivity contribution is -0.00883. The van der Waals surface area contributed by atoms with E-state index in [-0.39, 0.29) is 6.10 Å². The maximum absolute atomic E-state index is 5.91. The first-order valence-corrected chi connectivity index (χ1v) is 5.11. The Hall–Kier alpha value is -0.570. The van der Waals surface area contributed by atoms with Crippen LogP contribution in [0.2, 0.25) is 5.02 Å². The maximum atomic E-state index is 5.91. The Kier molecular flexibility index (Phi) is 4.39. The number of rotatable bonds is 4. The molecule has 0 saturated carbocycles. The van der Waals surface area contributed by atoms with Gasteiger partial charge in [0.2, 0.25) is 0 Å². The molecule has 0 bridgehead atoms. The van der Waals surface area contributed by atoms with E-state index >= 15 is 0 Å². The predicted molar refractivity (Wildman–Crippen MR) is 59.2 cm³/mol. The average molecular weight is 214 g/mol. The fourth-order valence-corrected chi connectivity index (χ4v) is 1.23. The minimum absolute atomic E-state index is 0.198. The molecule has 1 N–H and O–H groups in total. The second-order valence-corrected chi connectivity index (χ2v) is 3.98. The first-order chi connectivity index (χ1) is 6.59. The van der Waals surface area contributed by atoms with Gasteiger partial charge in [-0.3, -0.25) is 4.84 Å². The molecule has 0 radical (unpaired) electrons. The third-order valence-electron chi connectivity index (χ3n) is 1.82. The number of hydrogen-bond donors (Lipinski definition) is 1. The van der Waals surface area contributed by atoms with Crippen LogP contribution in [0.3, 0.4) is 0 Å². The molecule has 1 aromatic rings. The molecule has 0 heterocycles. The molecule has 0 fully saturated rings. The summed E-state index contributed by atoms with van der Waals surface area (Å²) in [5.41, 5.74) is 5.17. The van der Waals surface area contributed by atoms with Crippen molar-refractivity contribution in [3.05, 3.63) is 34.3 Å².